The average Bonchev–Trinajstić information content (AvgIpc) is 3.17. The van der Waals surface area contributed by atoms with Crippen LogP contribution in [0.4, 0.5) is 5.69 Å². The molecule has 9 heteroatoms. The van der Waals surface area contributed by atoms with Crippen molar-refractivity contribution in [3.05, 3.63) is 46.4 Å². The summed E-state index contributed by atoms with van der Waals surface area (Å²) >= 11 is 0. The molecule has 146 valence electrons. The van der Waals surface area contributed by atoms with Gasteiger partial charge in [-0.15, -0.1) is 0 Å². The number of ether oxygens (including phenoxy) is 2. The topological polar surface area (TPSA) is 103 Å². The molecule has 28 heavy (non-hydrogen) atoms. The Bertz CT molecular complexity index is 979. The van der Waals surface area contributed by atoms with E-state index in [1.54, 1.807) is 23.1 Å². The minimum Gasteiger partial charge on any atom is -0.454 e. The summed E-state index contributed by atoms with van der Waals surface area (Å²) in [5.41, 5.74) is 0.614. The van der Waals surface area contributed by atoms with Crippen molar-refractivity contribution in [2.24, 2.45) is 13.0 Å². The van der Waals surface area contributed by atoms with Crippen LogP contribution < -0.4 is 20.3 Å². The summed E-state index contributed by atoms with van der Waals surface area (Å²) in [5.74, 6) is 0.791. The number of piperidine rings is 1. The SMILES string of the molecule is Cn1nc(C(=O)N2CCC(C(=O)Nc3ccc4c(c3)OCO4)CC2)ccc1=O. The minimum atomic E-state index is -0.268. The predicted molar refractivity (Wildman–Crippen MR) is 99.3 cm³/mol. The number of fused-ring (bicyclic) bond motifs is 1. The van der Waals surface area contributed by atoms with Gasteiger partial charge in [0, 0.05) is 43.9 Å². The number of hydrogen-bond acceptors (Lipinski definition) is 6. The van der Waals surface area contributed by atoms with E-state index in [-0.39, 0.29) is 35.8 Å². The molecule has 0 atom stereocenters. The van der Waals surface area contributed by atoms with Gasteiger partial charge >= 0.3 is 0 Å². The summed E-state index contributed by atoms with van der Waals surface area (Å²) in [5, 5.41) is 6.90. The standard InChI is InChI=1S/C19H20N4O5/c1-22-17(24)5-3-14(21-22)19(26)23-8-6-12(7-9-23)18(25)20-13-2-4-15-16(10-13)28-11-27-15/h2-5,10,12H,6-9,11H2,1H3,(H,20,25). The molecule has 1 N–H and O–H groups in total. The second-order valence-corrected chi connectivity index (χ2v) is 6.80. The van der Waals surface area contributed by atoms with Crippen molar-refractivity contribution in [3.63, 3.8) is 0 Å². The van der Waals surface area contributed by atoms with Crippen LogP contribution in [0.5, 0.6) is 11.5 Å². The molecular formula is C19H20N4O5. The molecule has 2 aliphatic rings. The van der Waals surface area contributed by atoms with Gasteiger partial charge in [0.25, 0.3) is 11.5 Å². The number of nitrogens with zero attached hydrogens (tertiary/aromatic N) is 3. The summed E-state index contributed by atoms with van der Waals surface area (Å²) in [6, 6.07) is 8.04. The summed E-state index contributed by atoms with van der Waals surface area (Å²) in [7, 11) is 1.51. The Kier molecular flexibility index (Phi) is 4.72. The lowest BCUT2D eigenvalue weighted by Crippen LogP contribution is -2.42. The fourth-order valence-electron chi connectivity index (χ4n) is 3.34. The van der Waals surface area contributed by atoms with E-state index in [9.17, 15) is 14.4 Å². The van der Waals surface area contributed by atoms with Crippen LogP contribution in [0, 0.1) is 5.92 Å². The van der Waals surface area contributed by atoms with E-state index in [1.165, 1.54) is 19.2 Å². The van der Waals surface area contributed by atoms with Crippen LogP contribution in [0.15, 0.2) is 35.1 Å². The van der Waals surface area contributed by atoms with Crippen molar-refractivity contribution in [2.75, 3.05) is 25.2 Å². The molecule has 0 aliphatic carbocycles. The van der Waals surface area contributed by atoms with E-state index in [1.807, 2.05) is 0 Å². The molecule has 1 fully saturated rings. The van der Waals surface area contributed by atoms with Crippen molar-refractivity contribution < 1.29 is 19.1 Å². The first-order chi connectivity index (χ1) is 13.5. The molecule has 0 radical (unpaired) electrons. The number of amides is 2. The van der Waals surface area contributed by atoms with E-state index < -0.39 is 0 Å². The molecule has 1 saturated heterocycles. The molecule has 1 aromatic heterocycles. The number of nitrogens with one attached hydrogen (secondary N) is 1. The van der Waals surface area contributed by atoms with Gasteiger partial charge < -0.3 is 19.7 Å². The highest BCUT2D eigenvalue weighted by atomic mass is 16.7. The van der Waals surface area contributed by atoms with Crippen LogP contribution in [0.3, 0.4) is 0 Å². The van der Waals surface area contributed by atoms with E-state index in [4.69, 9.17) is 9.47 Å². The van der Waals surface area contributed by atoms with Crippen LogP contribution in [0.2, 0.25) is 0 Å². The maximum absolute atomic E-state index is 12.6. The molecular weight excluding hydrogens is 364 g/mol. The van der Waals surface area contributed by atoms with Gasteiger partial charge in [0.05, 0.1) is 0 Å². The summed E-state index contributed by atoms with van der Waals surface area (Å²) in [6.45, 7) is 1.11. The van der Waals surface area contributed by atoms with E-state index in [2.05, 4.69) is 10.4 Å². The van der Waals surface area contributed by atoms with Gasteiger partial charge in [0.15, 0.2) is 11.5 Å². The average molecular weight is 384 g/mol. The Morgan fingerprint density at radius 2 is 1.86 bits per heavy atom. The van der Waals surface area contributed by atoms with Crippen molar-refractivity contribution in [1.29, 1.82) is 0 Å². The molecule has 0 bridgehead atoms. The number of likely N-dealkylation sites (tertiary alicyclic amines) is 1. The maximum Gasteiger partial charge on any atom is 0.274 e. The van der Waals surface area contributed by atoms with Crippen molar-refractivity contribution >= 4 is 17.5 Å². The van der Waals surface area contributed by atoms with Gasteiger partial charge in [0.2, 0.25) is 12.7 Å². The number of anilines is 1. The molecule has 2 aromatic rings. The van der Waals surface area contributed by atoms with Crippen LogP contribution in [-0.2, 0) is 11.8 Å². The number of benzene rings is 1. The van der Waals surface area contributed by atoms with Crippen LogP contribution in [0.1, 0.15) is 23.3 Å². The lowest BCUT2D eigenvalue weighted by molar-refractivity contribution is -0.121. The highest BCUT2D eigenvalue weighted by Gasteiger charge is 2.29. The molecule has 0 saturated carbocycles. The van der Waals surface area contributed by atoms with Gasteiger partial charge in [-0.2, -0.15) is 5.10 Å². The molecule has 1 aromatic carbocycles. The largest absolute Gasteiger partial charge is 0.454 e. The third kappa shape index (κ3) is 3.55. The zero-order valence-electron chi connectivity index (χ0n) is 15.4. The number of hydrogen-bond donors (Lipinski definition) is 1. The van der Waals surface area contributed by atoms with Gasteiger partial charge in [-0.25, -0.2) is 4.68 Å². The molecule has 3 heterocycles. The first-order valence-corrected chi connectivity index (χ1v) is 9.05. The van der Waals surface area contributed by atoms with Crippen molar-refractivity contribution in [1.82, 2.24) is 14.7 Å². The number of aromatic nitrogens is 2. The predicted octanol–water partition coefficient (Wildman–Crippen LogP) is 1.000. The quantitative estimate of drug-likeness (QED) is 0.847. The van der Waals surface area contributed by atoms with Crippen LogP contribution in [-0.4, -0.2) is 46.4 Å². The Balaban J connectivity index is 1.34. The molecule has 9 nitrogen and oxygen atoms in total. The summed E-state index contributed by atoms with van der Waals surface area (Å²) < 4.78 is 11.7. The Morgan fingerprint density at radius 1 is 1.11 bits per heavy atom. The zero-order chi connectivity index (χ0) is 19.7. The van der Waals surface area contributed by atoms with Crippen molar-refractivity contribution in [3.8, 4) is 11.5 Å². The van der Waals surface area contributed by atoms with Crippen LogP contribution >= 0.6 is 0 Å². The Hall–Kier alpha value is -3.36. The third-order valence-corrected chi connectivity index (χ3v) is 4.97. The first kappa shape index (κ1) is 18.0. The van der Waals surface area contributed by atoms with E-state index in [0.29, 0.717) is 43.1 Å². The minimum absolute atomic E-state index is 0.0776. The smallest absolute Gasteiger partial charge is 0.274 e. The van der Waals surface area contributed by atoms with E-state index in [0.717, 1.165) is 4.68 Å². The molecule has 2 amide bonds. The maximum atomic E-state index is 12.6. The fraction of sp³-hybridized carbons (Fsp3) is 0.368. The first-order valence-electron chi connectivity index (χ1n) is 9.05. The zero-order valence-corrected chi connectivity index (χ0v) is 15.4. The molecule has 4 rings (SSSR count). The highest BCUT2D eigenvalue weighted by Crippen LogP contribution is 2.34. The second-order valence-electron chi connectivity index (χ2n) is 6.80. The number of carbonyl (C=O) groups is 2. The lowest BCUT2D eigenvalue weighted by Gasteiger charge is -2.31. The number of rotatable bonds is 3. The molecule has 0 unspecified atom stereocenters. The Morgan fingerprint density at radius 3 is 2.61 bits per heavy atom. The molecule has 2 aliphatic heterocycles. The fourth-order valence-corrected chi connectivity index (χ4v) is 3.34. The third-order valence-electron chi connectivity index (χ3n) is 4.97. The summed E-state index contributed by atoms with van der Waals surface area (Å²) in [6.07, 6.45) is 1.13. The van der Waals surface area contributed by atoms with Gasteiger partial charge in [-0.05, 0) is 31.0 Å². The summed E-state index contributed by atoms with van der Waals surface area (Å²) in [4.78, 5) is 38.2. The molecule has 0 spiro atoms. The van der Waals surface area contributed by atoms with Crippen molar-refractivity contribution in [2.45, 2.75) is 12.8 Å². The number of aryl methyl sites for hydroxylation is 1. The number of carbonyl (C=O) groups excluding carboxylic acids is 2. The van der Waals surface area contributed by atoms with Gasteiger partial charge in [-0.3, -0.25) is 14.4 Å². The van der Waals surface area contributed by atoms with Gasteiger partial charge in [0.1, 0.15) is 5.69 Å². The van der Waals surface area contributed by atoms with Crippen LogP contribution in [0.25, 0.3) is 0 Å². The lowest BCUT2D eigenvalue weighted by atomic mass is 9.95. The normalized spacial score (nSPS) is 16.1. The monoisotopic (exact) mass is 384 g/mol. The highest BCUT2D eigenvalue weighted by molar-refractivity contribution is 5.94. The second kappa shape index (κ2) is 7.34. The van der Waals surface area contributed by atoms with Gasteiger partial charge in [-0.1, -0.05) is 0 Å². The Labute approximate surface area is 160 Å². The van der Waals surface area contributed by atoms with E-state index >= 15 is 0 Å².